The molecule has 20 heavy (non-hydrogen) atoms. The summed E-state index contributed by atoms with van der Waals surface area (Å²) in [5, 5.41) is 9.60. The third-order valence-electron chi connectivity index (χ3n) is 2.83. The lowest BCUT2D eigenvalue weighted by atomic mass is 10.2. The van der Waals surface area contributed by atoms with Crippen molar-refractivity contribution in [3.05, 3.63) is 29.0 Å². The summed E-state index contributed by atoms with van der Waals surface area (Å²) in [7, 11) is 0. The smallest absolute Gasteiger partial charge is 0.221 e. The van der Waals surface area contributed by atoms with Crippen molar-refractivity contribution < 1.29 is 4.79 Å². The Labute approximate surface area is 122 Å². The standard InChI is InChI=1S/C13H19N5OS/c1-10-7-16-18(8-10)6-4-12(19)15-5-2-3-11-9-20-13(14)17-11/h7-9H,2-6H2,1H3,(H2,14,17)(H,15,19). The molecular weight excluding hydrogens is 274 g/mol. The molecule has 2 heterocycles. The number of nitrogen functional groups attached to an aromatic ring is 1. The number of aryl methyl sites for hydroxylation is 3. The molecule has 0 aliphatic rings. The Balaban J connectivity index is 1.58. The molecule has 0 bridgehead atoms. The number of carbonyl (C=O) groups is 1. The molecule has 0 unspecified atom stereocenters. The summed E-state index contributed by atoms with van der Waals surface area (Å²) in [6, 6.07) is 0. The van der Waals surface area contributed by atoms with Crippen molar-refractivity contribution in [2.45, 2.75) is 32.7 Å². The summed E-state index contributed by atoms with van der Waals surface area (Å²) in [4.78, 5) is 15.8. The maximum Gasteiger partial charge on any atom is 0.221 e. The average molecular weight is 293 g/mol. The number of amides is 1. The Morgan fingerprint density at radius 3 is 3.05 bits per heavy atom. The van der Waals surface area contributed by atoms with Crippen LogP contribution in [-0.2, 0) is 17.8 Å². The van der Waals surface area contributed by atoms with Gasteiger partial charge in [0, 0.05) is 31.1 Å². The Kier molecular flexibility index (Phi) is 5.11. The lowest BCUT2D eigenvalue weighted by Crippen LogP contribution is -2.25. The van der Waals surface area contributed by atoms with Crippen LogP contribution in [0.4, 0.5) is 5.13 Å². The monoisotopic (exact) mass is 293 g/mol. The lowest BCUT2D eigenvalue weighted by molar-refractivity contribution is -0.121. The van der Waals surface area contributed by atoms with Gasteiger partial charge in [0.15, 0.2) is 5.13 Å². The van der Waals surface area contributed by atoms with Gasteiger partial charge >= 0.3 is 0 Å². The number of anilines is 1. The highest BCUT2D eigenvalue weighted by Crippen LogP contribution is 2.12. The molecule has 0 saturated heterocycles. The average Bonchev–Trinajstić information content (AvgIpc) is 3.01. The topological polar surface area (TPSA) is 85.8 Å². The number of nitrogens with zero attached hydrogens (tertiary/aromatic N) is 3. The number of aromatic nitrogens is 3. The first-order chi connectivity index (χ1) is 9.63. The lowest BCUT2D eigenvalue weighted by Gasteiger charge is -2.04. The van der Waals surface area contributed by atoms with Gasteiger partial charge in [-0.15, -0.1) is 11.3 Å². The van der Waals surface area contributed by atoms with E-state index in [1.807, 2.05) is 18.5 Å². The summed E-state index contributed by atoms with van der Waals surface area (Å²) < 4.78 is 1.78. The van der Waals surface area contributed by atoms with Crippen molar-refractivity contribution in [1.82, 2.24) is 20.1 Å². The molecule has 0 saturated carbocycles. The number of nitrogens with one attached hydrogen (secondary N) is 1. The maximum atomic E-state index is 11.7. The predicted octanol–water partition coefficient (Wildman–Crippen LogP) is 1.37. The molecule has 6 nitrogen and oxygen atoms in total. The van der Waals surface area contributed by atoms with E-state index in [4.69, 9.17) is 5.73 Å². The molecule has 2 aromatic heterocycles. The summed E-state index contributed by atoms with van der Waals surface area (Å²) in [6.07, 6.45) is 5.88. The molecule has 0 radical (unpaired) electrons. The first kappa shape index (κ1) is 14.5. The number of hydrogen-bond acceptors (Lipinski definition) is 5. The van der Waals surface area contributed by atoms with Crippen LogP contribution in [0.25, 0.3) is 0 Å². The highest BCUT2D eigenvalue weighted by atomic mass is 32.1. The maximum absolute atomic E-state index is 11.7. The molecule has 0 atom stereocenters. The first-order valence-corrected chi connectivity index (χ1v) is 7.47. The molecule has 2 aromatic rings. The Hall–Kier alpha value is -1.89. The fraction of sp³-hybridized carbons (Fsp3) is 0.462. The van der Waals surface area contributed by atoms with Crippen LogP contribution in [0.3, 0.4) is 0 Å². The van der Waals surface area contributed by atoms with Crippen molar-refractivity contribution in [1.29, 1.82) is 0 Å². The van der Waals surface area contributed by atoms with Crippen molar-refractivity contribution in [2.24, 2.45) is 0 Å². The van der Waals surface area contributed by atoms with E-state index in [0.29, 0.717) is 24.6 Å². The summed E-state index contributed by atoms with van der Waals surface area (Å²) >= 11 is 1.45. The van der Waals surface area contributed by atoms with Gasteiger partial charge < -0.3 is 11.1 Å². The summed E-state index contributed by atoms with van der Waals surface area (Å²) in [5.74, 6) is 0.0518. The second kappa shape index (κ2) is 7.04. The molecule has 3 N–H and O–H groups in total. The zero-order valence-corrected chi connectivity index (χ0v) is 12.3. The van der Waals surface area contributed by atoms with Gasteiger partial charge in [0.1, 0.15) is 0 Å². The highest BCUT2D eigenvalue weighted by molar-refractivity contribution is 7.13. The van der Waals surface area contributed by atoms with Gasteiger partial charge in [-0.1, -0.05) is 0 Å². The molecule has 2 rings (SSSR count). The van der Waals surface area contributed by atoms with Crippen LogP contribution >= 0.6 is 11.3 Å². The number of rotatable bonds is 7. The molecule has 0 spiro atoms. The normalized spacial score (nSPS) is 10.7. The third-order valence-corrected chi connectivity index (χ3v) is 3.55. The SMILES string of the molecule is Cc1cnn(CCC(=O)NCCCc2csc(N)n2)c1. The van der Waals surface area contributed by atoms with E-state index >= 15 is 0 Å². The second-order valence-electron chi connectivity index (χ2n) is 4.66. The van der Waals surface area contributed by atoms with Gasteiger partial charge in [-0.05, 0) is 25.3 Å². The van der Waals surface area contributed by atoms with Crippen LogP contribution in [0.1, 0.15) is 24.1 Å². The molecule has 108 valence electrons. The van der Waals surface area contributed by atoms with Gasteiger partial charge in [-0.25, -0.2) is 4.98 Å². The quantitative estimate of drug-likeness (QED) is 0.755. The van der Waals surface area contributed by atoms with Crippen LogP contribution < -0.4 is 11.1 Å². The second-order valence-corrected chi connectivity index (χ2v) is 5.55. The van der Waals surface area contributed by atoms with E-state index < -0.39 is 0 Å². The molecule has 1 amide bonds. The van der Waals surface area contributed by atoms with E-state index in [0.717, 1.165) is 24.1 Å². The summed E-state index contributed by atoms with van der Waals surface area (Å²) in [5.41, 5.74) is 7.66. The van der Waals surface area contributed by atoms with Gasteiger partial charge in [0.2, 0.25) is 5.91 Å². The molecule has 0 aliphatic heterocycles. The minimum atomic E-state index is 0.0518. The Morgan fingerprint density at radius 2 is 2.40 bits per heavy atom. The fourth-order valence-electron chi connectivity index (χ4n) is 1.83. The molecule has 0 aliphatic carbocycles. The van der Waals surface area contributed by atoms with Crippen LogP contribution in [0.2, 0.25) is 0 Å². The Bertz CT molecular complexity index is 563. The molecule has 0 fully saturated rings. The molecule has 7 heteroatoms. The van der Waals surface area contributed by atoms with Gasteiger partial charge in [0.25, 0.3) is 0 Å². The van der Waals surface area contributed by atoms with E-state index in [-0.39, 0.29) is 5.91 Å². The summed E-state index contributed by atoms with van der Waals surface area (Å²) in [6.45, 7) is 3.26. The number of hydrogen-bond donors (Lipinski definition) is 2. The Morgan fingerprint density at radius 1 is 1.55 bits per heavy atom. The van der Waals surface area contributed by atoms with Crippen LogP contribution in [0.5, 0.6) is 0 Å². The van der Waals surface area contributed by atoms with E-state index in [1.54, 1.807) is 10.9 Å². The van der Waals surface area contributed by atoms with Crippen molar-refractivity contribution in [3.63, 3.8) is 0 Å². The largest absolute Gasteiger partial charge is 0.375 e. The molecule has 0 aromatic carbocycles. The zero-order valence-electron chi connectivity index (χ0n) is 11.5. The van der Waals surface area contributed by atoms with E-state index in [9.17, 15) is 4.79 Å². The minimum absolute atomic E-state index is 0.0518. The number of nitrogens with two attached hydrogens (primary N) is 1. The van der Waals surface area contributed by atoms with E-state index in [2.05, 4.69) is 15.4 Å². The number of carbonyl (C=O) groups excluding carboxylic acids is 1. The minimum Gasteiger partial charge on any atom is -0.375 e. The first-order valence-electron chi connectivity index (χ1n) is 6.59. The van der Waals surface area contributed by atoms with Gasteiger partial charge in [-0.3, -0.25) is 9.48 Å². The highest BCUT2D eigenvalue weighted by Gasteiger charge is 2.03. The van der Waals surface area contributed by atoms with Crippen LogP contribution in [0, 0.1) is 6.92 Å². The van der Waals surface area contributed by atoms with Gasteiger partial charge in [-0.2, -0.15) is 5.10 Å². The van der Waals surface area contributed by atoms with Crippen molar-refractivity contribution >= 4 is 22.4 Å². The third kappa shape index (κ3) is 4.65. The zero-order chi connectivity index (χ0) is 14.4. The van der Waals surface area contributed by atoms with Crippen LogP contribution in [0.15, 0.2) is 17.8 Å². The van der Waals surface area contributed by atoms with Gasteiger partial charge in [0.05, 0.1) is 11.9 Å². The van der Waals surface area contributed by atoms with Crippen molar-refractivity contribution in [3.8, 4) is 0 Å². The van der Waals surface area contributed by atoms with Crippen LogP contribution in [-0.4, -0.2) is 27.2 Å². The van der Waals surface area contributed by atoms with E-state index in [1.165, 1.54) is 11.3 Å². The fourth-order valence-corrected chi connectivity index (χ4v) is 2.43. The number of thiazole rings is 1. The predicted molar refractivity (Wildman–Crippen MR) is 79.4 cm³/mol. The van der Waals surface area contributed by atoms with Crippen molar-refractivity contribution in [2.75, 3.05) is 12.3 Å². The molecular formula is C13H19N5OS.